The Morgan fingerprint density at radius 1 is 1.26 bits per heavy atom. The summed E-state index contributed by atoms with van der Waals surface area (Å²) in [7, 11) is 0. The molecule has 0 radical (unpaired) electrons. The van der Waals surface area contributed by atoms with Crippen LogP contribution in [0, 0.1) is 22.9 Å². The van der Waals surface area contributed by atoms with Crippen LogP contribution in [0.1, 0.15) is 13.8 Å². The third-order valence-corrected chi connectivity index (χ3v) is 2.57. The Kier molecular flexibility index (Phi) is 4.03. The highest BCUT2D eigenvalue weighted by atomic mass is 19.2. The van der Waals surface area contributed by atoms with Crippen LogP contribution in [0.2, 0.25) is 0 Å². The van der Waals surface area contributed by atoms with Gasteiger partial charge in [0.2, 0.25) is 5.91 Å². The number of nitrogens with two attached hydrogens (primary N) is 1. The van der Waals surface area contributed by atoms with E-state index in [2.05, 4.69) is 5.16 Å². The molecule has 0 aromatic heterocycles. The van der Waals surface area contributed by atoms with Crippen molar-refractivity contribution in [2.24, 2.45) is 16.3 Å². The highest BCUT2D eigenvalue weighted by molar-refractivity contribution is 6.11. The average molecular weight is 275 g/mol. The number of oxime groups is 1. The number of amides is 1. The van der Waals surface area contributed by atoms with Crippen LogP contribution in [-0.4, -0.2) is 17.0 Å². The molecule has 0 atom stereocenters. The lowest BCUT2D eigenvalue weighted by molar-refractivity contribution is -0.121. The number of carbonyl (C=O) groups excluding carboxylic acids is 1. The molecule has 19 heavy (non-hydrogen) atoms. The second-order valence-corrected chi connectivity index (χ2v) is 4.31. The summed E-state index contributed by atoms with van der Waals surface area (Å²) in [5.41, 5.74) is 3.32. The third-order valence-electron chi connectivity index (χ3n) is 2.57. The predicted octanol–water partition coefficient (Wildman–Crippen LogP) is 1.82. The molecule has 8 heteroatoms. The molecule has 1 aromatic carbocycles. The Morgan fingerprint density at radius 3 is 2.32 bits per heavy atom. The summed E-state index contributed by atoms with van der Waals surface area (Å²) in [6.07, 6.45) is 0. The van der Waals surface area contributed by atoms with Gasteiger partial charge < -0.3 is 16.3 Å². The Morgan fingerprint density at radius 2 is 1.79 bits per heavy atom. The Bertz CT molecular complexity index is 544. The maximum atomic E-state index is 13.3. The van der Waals surface area contributed by atoms with Crippen molar-refractivity contribution in [1.29, 1.82) is 0 Å². The SMILES string of the molecule is CC(C)(C(=O)Nc1cc(F)c(F)cc1F)C(N)=NO. The molecule has 0 unspecified atom stereocenters. The normalized spacial score (nSPS) is 12.4. The lowest BCUT2D eigenvalue weighted by Crippen LogP contribution is -2.42. The maximum Gasteiger partial charge on any atom is 0.237 e. The van der Waals surface area contributed by atoms with Crippen LogP contribution in [0.5, 0.6) is 0 Å². The van der Waals surface area contributed by atoms with Crippen LogP contribution in [-0.2, 0) is 4.79 Å². The fourth-order valence-corrected chi connectivity index (χ4v) is 1.14. The number of amidine groups is 1. The van der Waals surface area contributed by atoms with Gasteiger partial charge in [-0.15, -0.1) is 0 Å². The molecule has 0 aliphatic rings. The number of halogens is 3. The monoisotopic (exact) mass is 275 g/mol. The van der Waals surface area contributed by atoms with Gasteiger partial charge in [0.15, 0.2) is 17.5 Å². The minimum atomic E-state index is -1.45. The highest BCUT2D eigenvalue weighted by Gasteiger charge is 2.33. The van der Waals surface area contributed by atoms with Gasteiger partial charge in [-0.3, -0.25) is 4.79 Å². The number of carbonyl (C=O) groups is 1. The highest BCUT2D eigenvalue weighted by Crippen LogP contribution is 2.22. The van der Waals surface area contributed by atoms with E-state index in [9.17, 15) is 18.0 Å². The fraction of sp³-hybridized carbons (Fsp3) is 0.273. The molecule has 5 nitrogen and oxygen atoms in total. The average Bonchev–Trinajstić information content (AvgIpc) is 2.34. The summed E-state index contributed by atoms with van der Waals surface area (Å²) in [6.45, 7) is 2.63. The van der Waals surface area contributed by atoms with E-state index in [1.54, 1.807) is 0 Å². The van der Waals surface area contributed by atoms with Crippen LogP contribution >= 0.6 is 0 Å². The summed E-state index contributed by atoms with van der Waals surface area (Å²) < 4.78 is 39.0. The van der Waals surface area contributed by atoms with Crippen molar-refractivity contribution in [2.45, 2.75) is 13.8 Å². The third kappa shape index (κ3) is 2.95. The van der Waals surface area contributed by atoms with Crippen molar-refractivity contribution in [3.63, 3.8) is 0 Å². The topological polar surface area (TPSA) is 87.7 Å². The molecular weight excluding hydrogens is 263 g/mol. The van der Waals surface area contributed by atoms with Crippen molar-refractivity contribution >= 4 is 17.4 Å². The number of hydrogen-bond acceptors (Lipinski definition) is 3. The first kappa shape index (κ1) is 14.8. The summed E-state index contributed by atoms with van der Waals surface area (Å²) in [6, 6.07) is 0.812. The molecule has 0 saturated carbocycles. The zero-order valence-corrected chi connectivity index (χ0v) is 10.2. The van der Waals surface area contributed by atoms with Crippen molar-refractivity contribution in [2.75, 3.05) is 5.32 Å². The van der Waals surface area contributed by atoms with Crippen molar-refractivity contribution in [3.8, 4) is 0 Å². The molecule has 4 N–H and O–H groups in total. The van der Waals surface area contributed by atoms with Gasteiger partial charge in [0.1, 0.15) is 11.2 Å². The number of benzene rings is 1. The second-order valence-electron chi connectivity index (χ2n) is 4.31. The number of hydrogen-bond donors (Lipinski definition) is 3. The lowest BCUT2D eigenvalue weighted by Gasteiger charge is -2.21. The second kappa shape index (κ2) is 5.17. The van der Waals surface area contributed by atoms with E-state index < -0.39 is 40.3 Å². The smallest absolute Gasteiger partial charge is 0.237 e. The Hall–Kier alpha value is -2.25. The molecular formula is C11H12F3N3O2. The van der Waals surface area contributed by atoms with E-state index >= 15 is 0 Å². The minimum absolute atomic E-state index is 0.307. The van der Waals surface area contributed by atoms with Gasteiger partial charge in [0.05, 0.1) is 5.69 Å². The van der Waals surface area contributed by atoms with Crippen molar-refractivity contribution in [1.82, 2.24) is 0 Å². The van der Waals surface area contributed by atoms with Gasteiger partial charge >= 0.3 is 0 Å². The Labute approximate surface area is 106 Å². The standard InChI is InChI=1S/C11H12F3N3O2/c1-11(2,9(15)17-19)10(18)16-8-4-6(13)5(12)3-7(8)14/h3-4,19H,1-2H3,(H2,15,17)(H,16,18). The zero-order valence-electron chi connectivity index (χ0n) is 10.2. The van der Waals surface area contributed by atoms with Crippen molar-refractivity contribution < 1.29 is 23.2 Å². The Balaban J connectivity index is 3.04. The quantitative estimate of drug-likeness (QED) is 0.258. The number of rotatable bonds is 3. The van der Waals surface area contributed by atoms with Gasteiger partial charge in [-0.05, 0) is 13.8 Å². The molecule has 104 valence electrons. The fourth-order valence-electron chi connectivity index (χ4n) is 1.14. The first-order valence-electron chi connectivity index (χ1n) is 5.14. The molecule has 0 spiro atoms. The first-order chi connectivity index (χ1) is 8.70. The number of anilines is 1. The minimum Gasteiger partial charge on any atom is -0.409 e. The predicted molar refractivity (Wildman–Crippen MR) is 62.1 cm³/mol. The van der Waals surface area contributed by atoms with Crippen LogP contribution in [0.3, 0.4) is 0 Å². The van der Waals surface area contributed by atoms with Crippen LogP contribution in [0.4, 0.5) is 18.9 Å². The van der Waals surface area contributed by atoms with Gasteiger partial charge in [-0.25, -0.2) is 13.2 Å². The molecule has 1 amide bonds. The van der Waals surface area contributed by atoms with E-state index in [4.69, 9.17) is 10.9 Å². The van der Waals surface area contributed by atoms with Gasteiger partial charge in [0.25, 0.3) is 0 Å². The molecule has 0 aliphatic heterocycles. The van der Waals surface area contributed by atoms with E-state index in [0.717, 1.165) is 0 Å². The zero-order chi connectivity index (χ0) is 14.8. The summed E-state index contributed by atoms with van der Waals surface area (Å²) in [4.78, 5) is 11.8. The molecule has 0 aliphatic carbocycles. The molecule has 0 heterocycles. The molecule has 1 aromatic rings. The van der Waals surface area contributed by atoms with Crippen LogP contribution < -0.4 is 11.1 Å². The molecule has 0 saturated heterocycles. The van der Waals surface area contributed by atoms with E-state index in [0.29, 0.717) is 12.1 Å². The molecule has 0 fully saturated rings. The molecule has 1 rings (SSSR count). The summed E-state index contributed by atoms with van der Waals surface area (Å²) in [5, 5.41) is 13.2. The van der Waals surface area contributed by atoms with Crippen LogP contribution in [0.25, 0.3) is 0 Å². The van der Waals surface area contributed by atoms with Gasteiger partial charge in [-0.2, -0.15) is 0 Å². The largest absolute Gasteiger partial charge is 0.409 e. The summed E-state index contributed by atoms with van der Waals surface area (Å²) >= 11 is 0. The summed E-state index contributed by atoms with van der Waals surface area (Å²) in [5.74, 6) is -5.06. The van der Waals surface area contributed by atoms with Gasteiger partial charge in [-0.1, -0.05) is 5.16 Å². The van der Waals surface area contributed by atoms with Crippen molar-refractivity contribution in [3.05, 3.63) is 29.6 Å². The number of nitrogens with one attached hydrogen (secondary N) is 1. The van der Waals surface area contributed by atoms with Gasteiger partial charge in [0, 0.05) is 12.1 Å². The molecule has 0 bridgehead atoms. The first-order valence-corrected chi connectivity index (χ1v) is 5.14. The lowest BCUT2D eigenvalue weighted by atomic mass is 9.91. The maximum absolute atomic E-state index is 13.3. The van der Waals surface area contributed by atoms with E-state index in [1.165, 1.54) is 13.8 Å². The number of nitrogens with zero attached hydrogens (tertiary/aromatic N) is 1. The van der Waals surface area contributed by atoms with E-state index in [1.807, 2.05) is 5.32 Å². The van der Waals surface area contributed by atoms with Crippen LogP contribution in [0.15, 0.2) is 17.3 Å². The van der Waals surface area contributed by atoms with E-state index in [-0.39, 0.29) is 0 Å².